The van der Waals surface area contributed by atoms with Crippen molar-refractivity contribution in [2.24, 2.45) is 5.92 Å². The molecular formula is C16H26O3. The van der Waals surface area contributed by atoms with Gasteiger partial charge in [0.2, 0.25) is 5.79 Å². The van der Waals surface area contributed by atoms with Crippen LogP contribution in [0.1, 0.15) is 52.9 Å². The summed E-state index contributed by atoms with van der Waals surface area (Å²) < 4.78 is 10.9. The van der Waals surface area contributed by atoms with Crippen LogP contribution in [0.5, 0.6) is 0 Å². The second-order valence-corrected chi connectivity index (χ2v) is 5.94. The maximum absolute atomic E-state index is 10.0. The molecular weight excluding hydrogens is 240 g/mol. The van der Waals surface area contributed by atoms with E-state index >= 15 is 0 Å². The fraction of sp³-hybridized carbons (Fsp3) is 0.750. The first-order valence-corrected chi connectivity index (χ1v) is 7.49. The molecule has 2 aliphatic rings. The van der Waals surface area contributed by atoms with Crippen LogP contribution in [-0.4, -0.2) is 23.3 Å². The Morgan fingerprint density at radius 2 is 2.11 bits per heavy atom. The number of epoxide rings is 1. The number of hydrogen-bond acceptors (Lipinski definition) is 3. The Labute approximate surface area is 116 Å². The smallest absolute Gasteiger partial charge is 0.251 e. The van der Waals surface area contributed by atoms with Crippen molar-refractivity contribution in [2.45, 2.75) is 64.4 Å². The summed E-state index contributed by atoms with van der Waals surface area (Å²) in [5, 5.41) is 10.0. The van der Waals surface area contributed by atoms with Gasteiger partial charge in [-0.15, -0.1) is 0 Å². The molecule has 2 unspecified atom stereocenters. The van der Waals surface area contributed by atoms with Gasteiger partial charge in [0.15, 0.2) is 0 Å². The first-order valence-electron chi connectivity index (χ1n) is 7.49. The molecule has 2 rings (SSSR count). The average Bonchev–Trinajstić information content (AvgIpc) is 2.94. The largest absolute Gasteiger partial charge is 0.358 e. The molecule has 1 saturated heterocycles. The van der Waals surface area contributed by atoms with Crippen molar-refractivity contribution >= 4 is 0 Å². The van der Waals surface area contributed by atoms with Gasteiger partial charge in [0, 0.05) is 6.61 Å². The molecule has 0 amide bonds. The van der Waals surface area contributed by atoms with E-state index in [0.29, 0.717) is 6.61 Å². The molecule has 1 fully saturated rings. The summed E-state index contributed by atoms with van der Waals surface area (Å²) in [5.41, 5.74) is 1.21. The number of fused-ring (bicyclic) bond motifs is 1. The molecule has 0 radical (unpaired) electrons. The maximum Gasteiger partial charge on any atom is 0.251 e. The van der Waals surface area contributed by atoms with E-state index in [2.05, 4.69) is 13.8 Å². The molecule has 0 aromatic heterocycles. The van der Waals surface area contributed by atoms with Gasteiger partial charge in [-0.25, -0.2) is 0 Å². The van der Waals surface area contributed by atoms with Crippen molar-refractivity contribution in [3.8, 4) is 0 Å². The van der Waals surface area contributed by atoms with Crippen molar-refractivity contribution in [3.05, 3.63) is 23.8 Å². The van der Waals surface area contributed by atoms with E-state index in [-0.39, 0.29) is 0 Å². The van der Waals surface area contributed by atoms with Crippen molar-refractivity contribution in [1.82, 2.24) is 0 Å². The van der Waals surface area contributed by atoms with Gasteiger partial charge in [-0.3, -0.25) is 4.74 Å². The summed E-state index contributed by atoms with van der Waals surface area (Å²) >= 11 is 0. The molecule has 108 valence electrons. The minimum atomic E-state index is -1.22. The summed E-state index contributed by atoms with van der Waals surface area (Å²) in [6.07, 6.45) is 11.7. The zero-order chi connectivity index (χ0) is 13.9. The summed E-state index contributed by atoms with van der Waals surface area (Å²) in [6, 6.07) is 0. The van der Waals surface area contributed by atoms with E-state index < -0.39 is 11.6 Å². The van der Waals surface area contributed by atoms with Crippen LogP contribution in [0.4, 0.5) is 0 Å². The third kappa shape index (κ3) is 3.28. The quantitative estimate of drug-likeness (QED) is 0.539. The number of aliphatic hydroxyl groups is 1. The maximum atomic E-state index is 10.0. The van der Waals surface area contributed by atoms with Gasteiger partial charge in [-0.05, 0) is 43.4 Å². The normalized spacial score (nSPS) is 32.4. The molecule has 1 aliphatic carbocycles. The molecule has 2 atom stereocenters. The molecule has 3 heteroatoms. The van der Waals surface area contributed by atoms with E-state index in [1.54, 1.807) is 6.08 Å². The standard InChI is InChI=1S/C16H26O3/c1-4-18-16-12-14(10-11-15(16,17)19-16)9-7-5-6-8-13(2)3/h10-13,17H,4-9H2,1-3H3. The highest BCUT2D eigenvalue weighted by Crippen LogP contribution is 2.52. The van der Waals surface area contributed by atoms with Gasteiger partial charge in [-0.1, -0.05) is 39.2 Å². The number of unbranched alkanes of at least 4 members (excludes halogenated alkanes) is 2. The lowest BCUT2D eigenvalue weighted by Gasteiger charge is -2.16. The highest BCUT2D eigenvalue weighted by molar-refractivity contribution is 5.38. The Balaban J connectivity index is 1.77. The Hall–Kier alpha value is -0.640. The second kappa shape index (κ2) is 5.78. The molecule has 0 aromatic carbocycles. The van der Waals surface area contributed by atoms with Crippen LogP contribution in [0.3, 0.4) is 0 Å². The van der Waals surface area contributed by atoms with E-state index in [9.17, 15) is 5.11 Å². The van der Waals surface area contributed by atoms with Crippen LogP contribution in [-0.2, 0) is 9.47 Å². The van der Waals surface area contributed by atoms with E-state index in [1.807, 2.05) is 19.1 Å². The van der Waals surface area contributed by atoms with Crippen LogP contribution < -0.4 is 0 Å². The van der Waals surface area contributed by atoms with Crippen molar-refractivity contribution in [2.75, 3.05) is 6.61 Å². The van der Waals surface area contributed by atoms with Gasteiger partial charge >= 0.3 is 0 Å². The Kier molecular flexibility index (Phi) is 4.49. The second-order valence-electron chi connectivity index (χ2n) is 5.94. The predicted octanol–water partition coefficient (Wildman–Crippen LogP) is 3.54. The first-order chi connectivity index (χ1) is 9.01. The number of allylic oxidation sites excluding steroid dienone is 2. The summed E-state index contributed by atoms with van der Waals surface area (Å²) in [4.78, 5) is 0. The lowest BCUT2D eigenvalue weighted by atomic mass is 9.97. The summed E-state index contributed by atoms with van der Waals surface area (Å²) in [6.45, 7) is 6.98. The highest BCUT2D eigenvalue weighted by atomic mass is 16.9. The zero-order valence-electron chi connectivity index (χ0n) is 12.3. The van der Waals surface area contributed by atoms with Crippen molar-refractivity contribution in [1.29, 1.82) is 0 Å². The lowest BCUT2D eigenvalue weighted by molar-refractivity contribution is -0.00560. The number of hydrogen-bond donors (Lipinski definition) is 1. The Bertz CT molecular complexity index is 372. The van der Waals surface area contributed by atoms with Crippen LogP contribution in [0, 0.1) is 5.92 Å². The van der Waals surface area contributed by atoms with Gasteiger partial charge in [0.25, 0.3) is 5.79 Å². The molecule has 0 aromatic rings. The molecule has 1 aliphatic heterocycles. The van der Waals surface area contributed by atoms with Crippen LogP contribution >= 0.6 is 0 Å². The molecule has 3 nitrogen and oxygen atoms in total. The van der Waals surface area contributed by atoms with E-state index in [0.717, 1.165) is 12.3 Å². The molecule has 1 N–H and O–H groups in total. The van der Waals surface area contributed by atoms with Gasteiger partial charge in [-0.2, -0.15) is 0 Å². The number of rotatable bonds is 8. The molecule has 1 heterocycles. The summed E-state index contributed by atoms with van der Waals surface area (Å²) in [5.74, 6) is -1.32. The number of ether oxygens (including phenoxy) is 2. The van der Waals surface area contributed by atoms with Gasteiger partial charge in [0.05, 0.1) is 0 Å². The SMILES string of the molecule is CCOC12C=C(CCCCCC(C)C)C=CC1(O)O2. The fourth-order valence-electron chi connectivity index (χ4n) is 2.60. The van der Waals surface area contributed by atoms with Gasteiger partial charge in [0.1, 0.15) is 0 Å². The summed E-state index contributed by atoms with van der Waals surface area (Å²) in [7, 11) is 0. The minimum Gasteiger partial charge on any atom is -0.358 e. The van der Waals surface area contributed by atoms with Crippen LogP contribution in [0.2, 0.25) is 0 Å². The van der Waals surface area contributed by atoms with Crippen LogP contribution in [0.15, 0.2) is 23.8 Å². The third-order valence-electron chi connectivity index (χ3n) is 3.77. The lowest BCUT2D eigenvalue weighted by Crippen LogP contribution is -2.27. The fourth-order valence-corrected chi connectivity index (χ4v) is 2.60. The average molecular weight is 266 g/mol. The predicted molar refractivity (Wildman–Crippen MR) is 75.5 cm³/mol. The van der Waals surface area contributed by atoms with Crippen LogP contribution in [0.25, 0.3) is 0 Å². The third-order valence-corrected chi connectivity index (χ3v) is 3.77. The molecule has 0 bridgehead atoms. The first kappa shape index (κ1) is 14.8. The topological polar surface area (TPSA) is 42.0 Å². The molecule has 0 saturated carbocycles. The highest BCUT2D eigenvalue weighted by Gasteiger charge is 2.70. The monoisotopic (exact) mass is 266 g/mol. The molecule has 0 spiro atoms. The van der Waals surface area contributed by atoms with E-state index in [4.69, 9.17) is 9.47 Å². The minimum absolute atomic E-state index is 0.536. The Morgan fingerprint density at radius 1 is 1.32 bits per heavy atom. The van der Waals surface area contributed by atoms with Gasteiger partial charge < -0.3 is 9.84 Å². The zero-order valence-corrected chi connectivity index (χ0v) is 12.3. The molecule has 19 heavy (non-hydrogen) atoms. The van der Waals surface area contributed by atoms with Crippen molar-refractivity contribution < 1.29 is 14.6 Å². The Morgan fingerprint density at radius 3 is 2.79 bits per heavy atom. The van der Waals surface area contributed by atoms with E-state index in [1.165, 1.54) is 31.3 Å². The van der Waals surface area contributed by atoms with Crippen molar-refractivity contribution in [3.63, 3.8) is 0 Å².